The molecule has 19 heavy (non-hydrogen) atoms. The third-order valence-electron chi connectivity index (χ3n) is 3.66. The van der Waals surface area contributed by atoms with Crippen LogP contribution in [0.2, 0.25) is 0 Å². The summed E-state index contributed by atoms with van der Waals surface area (Å²) in [6, 6.07) is 5.74. The molecule has 0 atom stereocenters. The van der Waals surface area contributed by atoms with Gasteiger partial charge in [0, 0.05) is 30.0 Å². The van der Waals surface area contributed by atoms with Gasteiger partial charge in [0.25, 0.3) is 0 Å². The summed E-state index contributed by atoms with van der Waals surface area (Å²) in [6.45, 7) is 1.94. The number of imidazole rings is 1. The second-order valence-electron chi connectivity index (χ2n) is 5.21. The predicted octanol–water partition coefficient (Wildman–Crippen LogP) is 3.48. The van der Waals surface area contributed by atoms with Crippen LogP contribution in [0.5, 0.6) is 0 Å². The Bertz CT molecular complexity index is 611. The molecule has 100 valence electrons. The van der Waals surface area contributed by atoms with Gasteiger partial charge in [0.15, 0.2) is 0 Å². The first-order chi connectivity index (χ1) is 8.94. The van der Waals surface area contributed by atoms with E-state index in [2.05, 4.69) is 9.97 Å². The Labute approximate surface area is 109 Å². The second-order valence-corrected chi connectivity index (χ2v) is 5.21. The summed E-state index contributed by atoms with van der Waals surface area (Å²) in [5.74, 6) is -2.04. The number of nitrogen functional groups attached to an aromatic ring is 1. The SMILES string of the molecule is Cc1ccc(-c2cnc(C3CC(F)(F)C3)[nH]2)cc1N. The molecule has 1 aliphatic carbocycles. The van der Waals surface area contributed by atoms with Crippen LogP contribution in [0.4, 0.5) is 14.5 Å². The first-order valence-corrected chi connectivity index (χ1v) is 6.24. The molecule has 1 aromatic carbocycles. The fourth-order valence-electron chi connectivity index (χ4n) is 2.35. The van der Waals surface area contributed by atoms with E-state index in [0.29, 0.717) is 11.5 Å². The van der Waals surface area contributed by atoms with Gasteiger partial charge in [-0.1, -0.05) is 12.1 Å². The lowest BCUT2D eigenvalue weighted by Gasteiger charge is -2.33. The fraction of sp³-hybridized carbons (Fsp3) is 0.357. The van der Waals surface area contributed by atoms with E-state index in [-0.39, 0.29) is 18.8 Å². The molecule has 0 radical (unpaired) electrons. The number of rotatable bonds is 2. The van der Waals surface area contributed by atoms with E-state index >= 15 is 0 Å². The molecule has 1 aromatic heterocycles. The van der Waals surface area contributed by atoms with Crippen molar-refractivity contribution >= 4 is 5.69 Å². The smallest absolute Gasteiger partial charge is 0.249 e. The molecule has 0 bridgehead atoms. The largest absolute Gasteiger partial charge is 0.398 e. The van der Waals surface area contributed by atoms with Crippen LogP contribution in [0, 0.1) is 6.92 Å². The minimum absolute atomic E-state index is 0.115. The summed E-state index contributed by atoms with van der Waals surface area (Å²) in [4.78, 5) is 7.32. The number of aryl methyl sites for hydroxylation is 1. The van der Waals surface area contributed by atoms with Crippen molar-refractivity contribution in [2.75, 3.05) is 5.73 Å². The topological polar surface area (TPSA) is 54.7 Å². The Morgan fingerprint density at radius 2 is 2.11 bits per heavy atom. The first kappa shape index (κ1) is 12.1. The van der Waals surface area contributed by atoms with E-state index in [1.807, 2.05) is 25.1 Å². The van der Waals surface area contributed by atoms with Crippen molar-refractivity contribution in [2.45, 2.75) is 31.6 Å². The Hall–Kier alpha value is -1.91. The third-order valence-corrected chi connectivity index (χ3v) is 3.66. The number of H-pyrrole nitrogens is 1. The van der Waals surface area contributed by atoms with Gasteiger partial charge in [-0.05, 0) is 18.6 Å². The number of anilines is 1. The average Bonchev–Trinajstić information content (AvgIpc) is 2.78. The van der Waals surface area contributed by atoms with Crippen molar-refractivity contribution in [1.82, 2.24) is 9.97 Å². The number of nitrogens with zero attached hydrogens (tertiary/aromatic N) is 1. The van der Waals surface area contributed by atoms with Gasteiger partial charge in [-0.25, -0.2) is 13.8 Å². The zero-order valence-corrected chi connectivity index (χ0v) is 10.6. The van der Waals surface area contributed by atoms with Crippen LogP contribution in [-0.4, -0.2) is 15.9 Å². The summed E-state index contributed by atoms with van der Waals surface area (Å²) in [5, 5.41) is 0. The van der Waals surface area contributed by atoms with Crippen molar-refractivity contribution in [3.05, 3.63) is 35.8 Å². The van der Waals surface area contributed by atoms with Crippen LogP contribution >= 0.6 is 0 Å². The molecule has 5 heteroatoms. The van der Waals surface area contributed by atoms with Crippen LogP contribution in [0.3, 0.4) is 0 Å². The maximum absolute atomic E-state index is 12.8. The van der Waals surface area contributed by atoms with Crippen LogP contribution in [0.1, 0.15) is 30.1 Å². The Morgan fingerprint density at radius 1 is 1.37 bits per heavy atom. The van der Waals surface area contributed by atoms with Gasteiger partial charge in [-0.2, -0.15) is 0 Å². The molecule has 1 saturated carbocycles. The van der Waals surface area contributed by atoms with Gasteiger partial charge >= 0.3 is 0 Å². The van der Waals surface area contributed by atoms with Gasteiger partial charge in [0.2, 0.25) is 5.92 Å². The molecule has 2 aromatic rings. The van der Waals surface area contributed by atoms with Gasteiger partial charge in [-0.3, -0.25) is 0 Å². The lowest BCUT2D eigenvalue weighted by Crippen LogP contribution is -2.34. The Kier molecular flexibility index (Phi) is 2.59. The maximum Gasteiger partial charge on any atom is 0.249 e. The molecular formula is C14H15F2N3. The molecule has 0 aliphatic heterocycles. The third kappa shape index (κ3) is 2.20. The summed E-state index contributed by atoms with van der Waals surface area (Å²) in [6.07, 6.45) is 1.45. The lowest BCUT2D eigenvalue weighted by molar-refractivity contribution is -0.0883. The van der Waals surface area contributed by atoms with Gasteiger partial charge < -0.3 is 10.7 Å². The van der Waals surface area contributed by atoms with Gasteiger partial charge in [0.1, 0.15) is 5.82 Å². The molecule has 0 spiro atoms. The second kappa shape index (κ2) is 4.05. The van der Waals surface area contributed by atoms with Gasteiger partial charge in [0.05, 0.1) is 11.9 Å². The predicted molar refractivity (Wildman–Crippen MR) is 70.1 cm³/mol. The number of aromatic nitrogens is 2. The quantitative estimate of drug-likeness (QED) is 0.815. The van der Waals surface area contributed by atoms with Crippen molar-refractivity contribution in [3.8, 4) is 11.3 Å². The number of benzene rings is 1. The monoisotopic (exact) mass is 263 g/mol. The minimum atomic E-state index is -2.52. The summed E-state index contributed by atoms with van der Waals surface area (Å²) < 4.78 is 25.7. The molecule has 0 amide bonds. The molecule has 1 aliphatic rings. The molecule has 3 nitrogen and oxygen atoms in total. The van der Waals surface area contributed by atoms with E-state index in [1.54, 1.807) is 6.20 Å². The van der Waals surface area contributed by atoms with Crippen molar-refractivity contribution in [2.24, 2.45) is 0 Å². The highest BCUT2D eigenvalue weighted by Crippen LogP contribution is 2.47. The fourth-order valence-corrected chi connectivity index (χ4v) is 2.35. The molecule has 3 rings (SSSR count). The Balaban J connectivity index is 1.83. The summed E-state index contributed by atoms with van der Waals surface area (Å²) >= 11 is 0. The molecule has 3 N–H and O–H groups in total. The van der Waals surface area contributed by atoms with E-state index in [9.17, 15) is 8.78 Å². The number of aromatic amines is 1. The normalized spacial score (nSPS) is 18.3. The van der Waals surface area contributed by atoms with Crippen LogP contribution < -0.4 is 5.73 Å². The zero-order chi connectivity index (χ0) is 13.6. The van der Waals surface area contributed by atoms with Crippen LogP contribution in [0.25, 0.3) is 11.3 Å². The average molecular weight is 263 g/mol. The number of halogens is 2. The number of hydrogen-bond donors (Lipinski definition) is 2. The minimum Gasteiger partial charge on any atom is -0.398 e. The van der Waals surface area contributed by atoms with E-state index in [0.717, 1.165) is 16.8 Å². The number of alkyl halides is 2. The highest BCUT2D eigenvalue weighted by molar-refractivity contribution is 5.65. The van der Waals surface area contributed by atoms with E-state index in [1.165, 1.54) is 0 Å². The van der Waals surface area contributed by atoms with E-state index < -0.39 is 5.92 Å². The standard InChI is InChI=1S/C14H15F2N3/c1-8-2-3-9(4-11(8)17)12-7-18-13(19-12)10-5-14(15,16)6-10/h2-4,7,10H,5-6,17H2,1H3,(H,18,19). The summed E-state index contributed by atoms with van der Waals surface area (Å²) in [5.41, 5.74) is 9.33. The molecule has 0 saturated heterocycles. The van der Waals surface area contributed by atoms with Crippen LogP contribution in [0.15, 0.2) is 24.4 Å². The first-order valence-electron chi connectivity index (χ1n) is 6.24. The maximum atomic E-state index is 12.8. The number of hydrogen-bond acceptors (Lipinski definition) is 2. The lowest BCUT2D eigenvalue weighted by atomic mass is 9.81. The molecule has 1 heterocycles. The van der Waals surface area contributed by atoms with Crippen molar-refractivity contribution in [3.63, 3.8) is 0 Å². The number of nitrogens with two attached hydrogens (primary N) is 1. The number of nitrogens with one attached hydrogen (secondary N) is 1. The Morgan fingerprint density at radius 3 is 2.74 bits per heavy atom. The molecule has 1 fully saturated rings. The van der Waals surface area contributed by atoms with Crippen molar-refractivity contribution < 1.29 is 8.78 Å². The van der Waals surface area contributed by atoms with E-state index in [4.69, 9.17) is 5.73 Å². The van der Waals surface area contributed by atoms with Crippen LogP contribution in [-0.2, 0) is 0 Å². The molecule has 0 unspecified atom stereocenters. The highest BCUT2D eigenvalue weighted by atomic mass is 19.3. The molecular weight excluding hydrogens is 248 g/mol. The zero-order valence-electron chi connectivity index (χ0n) is 10.6. The van der Waals surface area contributed by atoms with Crippen molar-refractivity contribution in [1.29, 1.82) is 0 Å². The van der Waals surface area contributed by atoms with Gasteiger partial charge in [-0.15, -0.1) is 0 Å². The highest BCUT2D eigenvalue weighted by Gasteiger charge is 2.47. The summed E-state index contributed by atoms with van der Waals surface area (Å²) in [7, 11) is 0.